The molecule has 1 aromatic heterocycles. The SMILES string of the molecule is CNc1cccn([C@@H]2CCC[C@H](C#N)C2)c1=O. The molecule has 2 atom stereocenters. The van der Waals surface area contributed by atoms with E-state index in [9.17, 15) is 4.79 Å². The third-order valence-corrected chi connectivity index (χ3v) is 3.47. The number of hydrogen-bond donors (Lipinski definition) is 1. The first kappa shape index (κ1) is 11.7. The molecule has 4 nitrogen and oxygen atoms in total. The van der Waals surface area contributed by atoms with Crippen molar-refractivity contribution in [1.82, 2.24) is 4.57 Å². The minimum Gasteiger partial charge on any atom is -0.384 e. The summed E-state index contributed by atoms with van der Waals surface area (Å²) in [5.41, 5.74) is 0.630. The summed E-state index contributed by atoms with van der Waals surface area (Å²) in [6.45, 7) is 0. The van der Waals surface area contributed by atoms with Gasteiger partial charge in [0.15, 0.2) is 0 Å². The number of anilines is 1. The molecule has 0 aromatic carbocycles. The highest BCUT2D eigenvalue weighted by atomic mass is 16.1. The molecule has 0 saturated heterocycles. The van der Waals surface area contributed by atoms with Crippen LogP contribution in [0.15, 0.2) is 23.1 Å². The van der Waals surface area contributed by atoms with Crippen molar-refractivity contribution in [3.63, 3.8) is 0 Å². The van der Waals surface area contributed by atoms with Gasteiger partial charge in [0.1, 0.15) is 5.69 Å². The third-order valence-electron chi connectivity index (χ3n) is 3.47. The van der Waals surface area contributed by atoms with Crippen molar-refractivity contribution in [3.05, 3.63) is 28.7 Å². The molecule has 0 bridgehead atoms. The largest absolute Gasteiger partial charge is 0.384 e. The maximum Gasteiger partial charge on any atom is 0.274 e. The monoisotopic (exact) mass is 231 g/mol. The summed E-state index contributed by atoms with van der Waals surface area (Å²) >= 11 is 0. The van der Waals surface area contributed by atoms with Crippen molar-refractivity contribution in [2.24, 2.45) is 5.92 Å². The first-order valence-electron chi connectivity index (χ1n) is 6.04. The van der Waals surface area contributed by atoms with Gasteiger partial charge in [-0.15, -0.1) is 0 Å². The molecule has 0 radical (unpaired) electrons. The van der Waals surface area contributed by atoms with E-state index in [2.05, 4.69) is 11.4 Å². The van der Waals surface area contributed by atoms with E-state index < -0.39 is 0 Å². The molecule has 1 heterocycles. The molecule has 90 valence electrons. The molecule has 1 N–H and O–H groups in total. The predicted molar refractivity (Wildman–Crippen MR) is 66.9 cm³/mol. The highest BCUT2D eigenvalue weighted by Gasteiger charge is 2.23. The Kier molecular flexibility index (Phi) is 3.48. The lowest BCUT2D eigenvalue weighted by molar-refractivity contribution is 0.303. The van der Waals surface area contributed by atoms with Gasteiger partial charge in [0.25, 0.3) is 5.56 Å². The van der Waals surface area contributed by atoms with Crippen LogP contribution in [0.3, 0.4) is 0 Å². The quantitative estimate of drug-likeness (QED) is 0.848. The first-order valence-corrected chi connectivity index (χ1v) is 6.04. The minimum atomic E-state index is 0.0126. The molecule has 2 rings (SSSR count). The zero-order chi connectivity index (χ0) is 12.3. The smallest absolute Gasteiger partial charge is 0.274 e. The van der Waals surface area contributed by atoms with Gasteiger partial charge in [-0.3, -0.25) is 4.79 Å². The lowest BCUT2D eigenvalue weighted by Gasteiger charge is -2.27. The van der Waals surface area contributed by atoms with Crippen LogP contribution in [0.5, 0.6) is 0 Å². The average Bonchev–Trinajstić information content (AvgIpc) is 2.39. The maximum absolute atomic E-state index is 12.1. The van der Waals surface area contributed by atoms with Crippen LogP contribution in [0.2, 0.25) is 0 Å². The lowest BCUT2D eigenvalue weighted by atomic mass is 9.86. The van der Waals surface area contributed by atoms with Crippen LogP contribution in [-0.2, 0) is 0 Å². The normalized spacial score (nSPS) is 24.0. The van der Waals surface area contributed by atoms with E-state index in [-0.39, 0.29) is 17.5 Å². The Morgan fingerprint density at radius 2 is 2.35 bits per heavy atom. The number of pyridine rings is 1. The van der Waals surface area contributed by atoms with Gasteiger partial charge in [0.2, 0.25) is 0 Å². The van der Waals surface area contributed by atoms with Gasteiger partial charge < -0.3 is 9.88 Å². The fourth-order valence-electron chi connectivity index (χ4n) is 2.52. The molecular weight excluding hydrogens is 214 g/mol. The number of rotatable bonds is 2. The second kappa shape index (κ2) is 5.05. The zero-order valence-corrected chi connectivity index (χ0v) is 10.0. The maximum atomic E-state index is 12.1. The van der Waals surface area contributed by atoms with Crippen LogP contribution in [0.1, 0.15) is 31.7 Å². The Bertz CT molecular complexity index is 486. The van der Waals surface area contributed by atoms with Crippen LogP contribution < -0.4 is 10.9 Å². The molecule has 0 amide bonds. The molecule has 1 aromatic rings. The fraction of sp³-hybridized carbons (Fsp3) is 0.538. The number of nitrogens with zero attached hydrogens (tertiary/aromatic N) is 2. The fourth-order valence-corrected chi connectivity index (χ4v) is 2.52. The van der Waals surface area contributed by atoms with Gasteiger partial charge in [-0.25, -0.2) is 0 Å². The highest BCUT2D eigenvalue weighted by molar-refractivity contribution is 5.39. The Morgan fingerprint density at radius 3 is 3.06 bits per heavy atom. The summed E-state index contributed by atoms with van der Waals surface area (Å²) < 4.78 is 1.77. The Balaban J connectivity index is 2.28. The van der Waals surface area contributed by atoms with E-state index in [4.69, 9.17) is 5.26 Å². The van der Waals surface area contributed by atoms with Crippen LogP contribution in [0, 0.1) is 17.2 Å². The van der Waals surface area contributed by atoms with E-state index >= 15 is 0 Å². The molecule has 0 spiro atoms. The van der Waals surface area contributed by atoms with Gasteiger partial charge in [-0.05, 0) is 31.4 Å². The number of aromatic nitrogens is 1. The summed E-state index contributed by atoms with van der Waals surface area (Å²) in [4.78, 5) is 12.1. The summed E-state index contributed by atoms with van der Waals surface area (Å²) in [6, 6.07) is 6.16. The van der Waals surface area contributed by atoms with Crippen molar-refractivity contribution in [1.29, 1.82) is 5.26 Å². The van der Waals surface area contributed by atoms with Gasteiger partial charge in [0, 0.05) is 25.2 Å². The summed E-state index contributed by atoms with van der Waals surface area (Å²) in [5.74, 6) is 0.0962. The van der Waals surface area contributed by atoms with E-state index in [1.165, 1.54) is 0 Å². The summed E-state index contributed by atoms with van der Waals surface area (Å²) in [6.07, 6.45) is 5.61. The van der Waals surface area contributed by atoms with E-state index in [1.807, 2.05) is 12.3 Å². The van der Waals surface area contributed by atoms with Crippen molar-refractivity contribution in [3.8, 4) is 6.07 Å². The van der Waals surface area contributed by atoms with Crippen LogP contribution >= 0.6 is 0 Å². The molecule has 1 aliphatic rings. The Morgan fingerprint density at radius 1 is 1.53 bits per heavy atom. The second-order valence-electron chi connectivity index (χ2n) is 4.53. The van der Waals surface area contributed by atoms with Crippen LogP contribution in [0.25, 0.3) is 0 Å². The van der Waals surface area contributed by atoms with Crippen molar-refractivity contribution >= 4 is 5.69 Å². The lowest BCUT2D eigenvalue weighted by Crippen LogP contribution is -2.29. The standard InChI is InChI=1S/C13H17N3O/c1-15-12-6-3-7-16(13(12)17)11-5-2-4-10(8-11)9-14/h3,6-7,10-11,15H,2,4-5,8H2,1H3/t10-,11+/m0/s1. The Hall–Kier alpha value is -1.76. The third kappa shape index (κ3) is 2.33. The Labute approximate surface area is 101 Å². The van der Waals surface area contributed by atoms with Gasteiger partial charge in [-0.1, -0.05) is 6.42 Å². The van der Waals surface area contributed by atoms with Crippen molar-refractivity contribution in [2.75, 3.05) is 12.4 Å². The van der Waals surface area contributed by atoms with Gasteiger partial charge >= 0.3 is 0 Å². The molecule has 4 heteroatoms. The van der Waals surface area contributed by atoms with Crippen molar-refractivity contribution in [2.45, 2.75) is 31.7 Å². The predicted octanol–water partition coefficient (Wildman–Crippen LogP) is 2.14. The molecular formula is C13H17N3O. The number of nitrogens with one attached hydrogen (secondary N) is 1. The molecule has 1 saturated carbocycles. The summed E-state index contributed by atoms with van der Waals surface area (Å²) in [5, 5.41) is 11.9. The molecule has 1 fully saturated rings. The van der Waals surface area contributed by atoms with Crippen molar-refractivity contribution < 1.29 is 0 Å². The summed E-state index contributed by atoms with van der Waals surface area (Å²) in [7, 11) is 1.75. The second-order valence-corrected chi connectivity index (χ2v) is 4.53. The van der Waals surface area contributed by atoms with Gasteiger partial charge in [-0.2, -0.15) is 5.26 Å². The van der Waals surface area contributed by atoms with E-state index in [1.54, 1.807) is 17.7 Å². The minimum absolute atomic E-state index is 0.0126. The first-order chi connectivity index (χ1) is 8.26. The van der Waals surface area contributed by atoms with Gasteiger partial charge in [0.05, 0.1) is 6.07 Å². The topological polar surface area (TPSA) is 57.8 Å². The number of nitriles is 1. The van der Waals surface area contributed by atoms with E-state index in [0.717, 1.165) is 25.7 Å². The van der Waals surface area contributed by atoms with Crippen LogP contribution in [-0.4, -0.2) is 11.6 Å². The molecule has 1 aliphatic carbocycles. The zero-order valence-electron chi connectivity index (χ0n) is 10.0. The average molecular weight is 231 g/mol. The van der Waals surface area contributed by atoms with Crippen LogP contribution in [0.4, 0.5) is 5.69 Å². The molecule has 17 heavy (non-hydrogen) atoms. The molecule has 0 aliphatic heterocycles. The molecule has 0 unspecified atom stereocenters. The number of hydrogen-bond acceptors (Lipinski definition) is 3. The highest BCUT2D eigenvalue weighted by Crippen LogP contribution is 2.31. The van der Waals surface area contributed by atoms with E-state index in [0.29, 0.717) is 5.69 Å².